The van der Waals surface area contributed by atoms with E-state index >= 15 is 0 Å². The maximum atomic E-state index is 13.2. The third-order valence-corrected chi connectivity index (χ3v) is 5.05. The van der Waals surface area contributed by atoms with Crippen molar-refractivity contribution < 1.29 is 14.0 Å². The van der Waals surface area contributed by atoms with E-state index in [0.717, 1.165) is 44.1 Å². The van der Waals surface area contributed by atoms with Crippen molar-refractivity contribution in [1.82, 2.24) is 10.2 Å². The molecular formula is C20H29FN2O2. The first-order valence-corrected chi connectivity index (χ1v) is 9.31. The molecule has 2 amide bonds. The molecule has 1 aliphatic rings. The zero-order chi connectivity index (χ0) is 18.2. The number of nitrogens with one attached hydrogen (secondary N) is 1. The van der Waals surface area contributed by atoms with E-state index in [-0.39, 0.29) is 29.5 Å². The smallest absolute Gasteiger partial charge is 0.226 e. The monoisotopic (exact) mass is 348 g/mol. The summed E-state index contributed by atoms with van der Waals surface area (Å²) in [5.41, 5.74) is 0.915. The number of unbranched alkanes of at least 4 members (excludes halogenated alkanes) is 1. The number of hydrogen-bond acceptors (Lipinski definition) is 2. The van der Waals surface area contributed by atoms with Gasteiger partial charge in [0.25, 0.3) is 0 Å². The second kappa shape index (κ2) is 9.54. The van der Waals surface area contributed by atoms with E-state index in [4.69, 9.17) is 0 Å². The third-order valence-electron chi connectivity index (χ3n) is 5.05. The van der Waals surface area contributed by atoms with Gasteiger partial charge in [0.1, 0.15) is 5.82 Å². The Morgan fingerprint density at radius 2 is 1.80 bits per heavy atom. The maximum Gasteiger partial charge on any atom is 0.226 e. The quantitative estimate of drug-likeness (QED) is 0.820. The Hall–Kier alpha value is -1.91. The van der Waals surface area contributed by atoms with Crippen LogP contribution in [0.2, 0.25) is 0 Å². The molecule has 0 heterocycles. The van der Waals surface area contributed by atoms with Gasteiger partial charge in [-0.15, -0.1) is 0 Å². The SMILES string of the molecule is CCCCN(Cc1ccc(F)cc1)C(=O)[C@H]1CCCC[C@H]1C(=O)NC. The van der Waals surface area contributed by atoms with Gasteiger partial charge in [-0.25, -0.2) is 4.39 Å². The molecule has 1 aliphatic carbocycles. The summed E-state index contributed by atoms with van der Waals surface area (Å²) in [5.74, 6) is -0.724. The number of hydrogen-bond donors (Lipinski definition) is 1. The second-order valence-corrected chi connectivity index (χ2v) is 6.85. The van der Waals surface area contributed by atoms with Gasteiger partial charge >= 0.3 is 0 Å². The zero-order valence-corrected chi connectivity index (χ0v) is 15.3. The summed E-state index contributed by atoms with van der Waals surface area (Å²) in [6.07, 6.45) is 5.44. The van der Waals surface area contributed by atoms with E-state index in [0.29, 0.717) is 13.1 Å². The molecular weight excluding hydrogens is 319 g/mol. The molecule has 0 spiro atoms. The van der Waals surface area contributed by atoms with Crippen LogP contribution in [0.1, 0.15) is 51.0 Å². The van der Waals surface area contributed by atoms with E-state index in [1.54, 1.807) is 19.2 Å². The van der Waals surface area contributed by atoms with Gasteiger partial charge in [0.15, 0.2) is 0 Å². The van der Waals surface area contributed by atoms with Crippen LogP contribution in [0.15, 0.2) is 24.3 Å². The molecule has 1 aromatic rings. The van der Waals surface area contributed by atoms with Crippen LogP contribution in [0.5, 0.6) is 0 Å². The standard InChI is InChI=1S/C20H29FN2O2/c1-3-4-13-23(14-15-9-11-16(21)12-10-15)20(25)18-8-6-5-7-17(18)19(24)22-2/h9-12,17-18H,3-8,13-14H2,1-2H3,(H,22,24)/t17-,18+/m1/s1. The molecule has 4 nitrogen and oxygen atoms in total. The van der Waals surface area contributed by atoms with Crippen molar-refractivity contribution in [2.75, 3.05) is 13.6 Å². The number of carbonyl (C=O) groups excluding carboxylic acids is 2. The molecule has 5 heteroatoms. The lowest BCUT2D eigenvalue weighted by Crippen LogP contribution is -2.44. The normalized spacial score (nSPS) is 20.1. The molecule has 0 bridgehead atoms. The molecule has 1 aromatic carbocycles. The van der Waals surface area contributed by atoms with Gasteiger partial charge in [0.2, 0.25) is 11.8 Å². The van der Waals surface area contributed by atoms with Gasteiger partial charge in [-0.3, -0.25) is 9.59 Å². The van der Waals surface area contributed by atoms with Crippen LogP contribution in [0.25, 0.3) is 0 Å². The van der Waals surface area contributed by atoms with Gasteiger partial charge in [0, 0.05) is 32.0 Å². The van der Waals surface area contributed by atoms with Crippen LogP contribution < -0.4 is 5.32 Å². The molecule has 0 unspecified atom stereocenters. The van der Waals surface area contributed by atoms with E-state index in [9.17, 15) is 14.0 Å². The van der Waals surface area contributed by atoms with E-state index in [1.165, 1.54) is 12.1 Å². The van der Waals surface area contributed by atoms with Crippen molar-refractivity contribution in [3.8, 4) is 0 Å². The van der Waals surface area contributed by atoms with Crippen LogP contribution in [0.4, 0.5) is 4.39 Å². The Labute approximate surface area is 149 Å². The highest BCUT2D eigenvalue weighted by Gasteiger charge is 2.37. The van der Waals surface area contributed by atoms with E-state index < -0.39 is 0 Å². The van der Waals surface area contributed by atoms with Gasteiger partial charge < -0.3 is 10.2 Å². The summed E-state index contributed by atoms with van der Waals surface area (Å²) in [6.45, 7) is 3.23. The fourth-order valence-electron chi connectivity index (χ4n) is 3.59. The van der Waals surface area contributed by atoms with Crippen LogP contribution in [-0.2, 0) is 16.1 Å². The largest absolute Gasteiger partial charge is 0.359 e. The molecule has 0 radical (unpaired) electrons. The number of amides is 2. The fraction of sp³-hybridized carbons (Fsp3) is 0.600. The van der Waals surface area contributed by atoms with Crippen molar-refractivity contribution in [3.05, 3.63) is 35.6 Å². The maximum absolute atomic E-state index is 13.2. The predicted octanol–water partition coefficient (Wildman–Crippen LogP) is 3.51. The molecule has 1 saturated carbocycles. The summed E-state index contributed by atoms with van der Waals surface area (Å²) in [7, 11) is 1.63. The van der Waals surface area contributed by atoms with Crippen molar-refractivity contribution >= 4 is 11.8 Å². The summed E-state index contributed by atoms with van der Waals surface area (Å²) < 4.78 is 13.1. The van der Waals surface area contributed by atoms with Crippen molar-refractivity contribution in [1.29, 1.82) is 0 Å². The Bertz CT molecular complexity index is 574. The second-order valence-electron chi connectivity index (χ2n) is 6.85. The first-order valence-electron chi connectivity index (χ1n) is 9.31. The summed E-state index contributed by atoms with van der Waals surface area (Å²) in [6, 6.07) is 6.29. The Morgan fingerprint density at radius 1 is 1.16 bits per heavy atom. The van der Waals surface area contributed by atoms with Crippen LogP contribution in [0.3, 0.4) is 0 Å². The van der Waals surface area contributed by atoms with Gasteiger partial charge in [0.05, 0.1) is 0 Å². The number of carbonyl (C=O) groups is 2. The van der Waals surface area contributed by atoms with Gasteiger partial charge in [-0.1, -0.05) is 38.3 Å². The molecule has 0 aromatic heterocycles. The van der Waals surface area contributed by atoms with E-state index in [2.05, 4.69) is 12.2 Å². The number of benzene rings is 1. The number of halogens is 1. The average Bonchev–Trinajstić information content (AvgIpc) is 2.65. The summed E-state index contributed by atoms with van der Waals surface area (Å²) in [4.78, 5) is 27.2. The lowest BCUT2D eigenvalue weighted by Gasteiger charge is -2.34. The highest BCUT2D eigenvalue weighted by Crippen LogP contribution is 2.32. The molecule has 2 rings (SSSR count). The zero-order valence-electron chi connectivity index (χ0n) is 15.3. The molecule has 1 N–H and O–H groups in total. The minimum Gasteiger partial charge on any atom is -0.359 e. The topological polar surface area (TPSA) is 49.4 Å². The molecule has 0 saturated heterocycles. The molecule has 25 heavy (non-hydrogen) atoms. The average molecular weight is 348 g/mol. The van der Waals surface area contributed by atoms with E-state index in [1.807, 2.05) is 4.90 Å². The van der Waals surface area contributed by atoms with Crippen molar-refractivity contribution in [2.24, 2.45) is 11.8 Å². The van der Waals surface area contributed by atoms with Gasteiger partial charge in [-0.05, 0) is 37.0 Å². The van der Waals surface area contributed by atoms with Crippen LogP contribution in [-0.4, -0.2) is 30.3 Å². The predicted molar refractivity (Wildman–Crippen MR) is 96.2 cm³/mol. The molecule has 138 valence electrons. The highest BCUT2D eigenvalue weighted by molar-refractivity contribution is 5.87. The first-order chi connectivity index (χ1) is 12.1. The summed E-state index contributed by atoms with van der Waals surface area (Å²) in [5, 5.41) is 2.71. The Balaban J connectivity index is 2.15. The molecule has 1 fully saturated rings. The van der Waals surface area contributed by atoms with Gasteiger partial charge in [-0.2, -0.15) is 0 Å². The Morgan fingerprint density at radius 3 is 2.40 bits per heavy atom. The highest BCUT2D eigenvalue weighted by atomic mass is 19.1. The van der Waals surface area contributed by atoms with Crippen LogP contribution in [0, 0.1) is 17.7 Å². The van der Waals surface area contributed by atoms with Crippen molar-refractivity contribution in [3.63, 3.8) is 0 Å². The Kier molecular flexibility index (Phi) is 7.41. The van der Waals surface area contributed by atoms with Crippen molar-refractivity contribution in [2.45, 2.75) is 52.0 Å². The lowest BCUT2D eigenvalue weighted by atomic mass is 9.77. The third kappa shape index (κ3) is 5.28. The molecule has 0 aliphatic heterocycles. The first kappa shape index (κ1) is 19.4. The minimum atomic E-state index is -0.276. The molecule has 2 atom stereocenters. The fourth-order valence-corrected chi connectivity index (χ4v) is 3.59. The lowest BCUT2D eigenvalue weighted by molar-refractivity contribution is -0.144. The number of rotatable bonds is 7. The minimum absolute atomic E-state index is 0.0322. The summed E-state index contributed by atoms with van der Waals surface area (Å²) >= 11 is 0. The van der Waals surface area contributed by atoms with Crippen LogP contribution >= 0.6 is 0 Å². The number of nitrogens with zero attached hydrogens (tertiary/aromatic N) is 1.